The highest BCUT2D eigenvalue weighted by atomic mass is 32.2. The molecule has 124 valence electrons. The van der Waals surface area contributed by atoms with Gasteiger partial charge in [0.2, 0.25) is 9.84 Å². The van der Waals surface area contributed by atoms with Crippen LogP contribution in [0.15, 0.2) is 76.8 Å². The predicted octanol–water partition coefficient (Wildman–Crippen LogP) is 2.93. The van der Waals surface area contributed by atoms with Crippen molar-refractivity contribution in [1.82, 2.24) is 19.6 Å². The molecule has 4 rings (SSSR count). The third kappa shape index (κ3) is 2.49. The van der Waals surface area contributed by atoms with Gasteiger partial charge in [-0.2, -0.15) is 5.10 Å². The second kappa shape index (κ2) is 5.78. The first-order valence-corrected chi connectivity index (χ1v) is 9.13. The van der Waals surface area contributed by atoms with Crippen molar-refractivity contribution in [2.24, 2.45) is 0 Å². The normalized spacial score (nSPS) is 11.7. The number of fused-ring (bicyclic) bond motifs is 1. The summed E-state index contributed by atoms with van der Waals surface area (Å²) in [4.78, 5) is 8.94. The molecule has 6 nitrogen and oxygen atoms in total. The lowest BCUT2D eigenvalue weighted by Gasteiger charge is -2.05. The molecular weight excluding hydrogens is 336 g/mol. The highest BCUT2D eigenvalue weighted by Crippen LogP contribution is 2.28. The second-order valence-corrected chi connectivity index (χ2v) is 7.40. The van der Waals surface area contributed by atoms with E-state index in [1.54, 1.807) is 55.7 Å². The average Bonchev–Trinajstić information content (AvgIpc) is 2.99. The number of rotatable bonds is 3. The van der Waals surface area contributed by atoms with E-state index in [0.717, 1.165) is 0 Å². The minimum absolute atomic E-state index is 0.122. The quantitative estimate of drug-likeness (QED) is 0.568. The maximum atomic E-state index is 13.1. The third-order valence-electron chi connectivity index (χ3n) is 3.89. The minimum atomic E-state index is -3.72. The van der Waals surface area contributed by atoms with E-state index in [1.807, 2.05) is 18.2 Å². The van der Waals surface area contributed by atoms with E-state index in [0.29, 0.717) is 22.7 Å². The number of pyridine rings is 1. The Morgan fingerprint density at radius 3 is 2.36 bits per heavy atom. The van der Waals surface area contributed by atoms with Crippen LogP contribution in [0.4, 0.5) is 0 Å². The fourth-order valence-electron chi connectivity index (χ4n) is 2.77. The molecule has 0 unspecified atom stereocenters. The zero-order valence-electron chi connectivity index (χ0n) is 13.4. The molecule has 0 aliphatic carbocycles. The highest BCUT2D eigenvalue weighted by Gasteiger charge is 2.27. The van der Waals surface area contributed by atoms with Gasteiger partial charge in [-0.1, -0.05) is 24.3 Å². The van der Waals surface area contributed by atoms with Crippen LogP contribution in [0.5, 0.6) is 0 Å². The van der Waals surface area contributed by atoms with Gasteiger partial charge in [0.1, 0.15) is 4.90 Å². The van der Waals surface area contributed by atoms with Crippen LogP contribution in [-0.4, -0.2) is 28.0 Å². The highest BCUT2D eigenvalue weighted by molar-refractivity contribution is 7.91. The summed E-state index contributed by atoms with van der Waals surface area (Å²) in [6.07, 6.45) is 3.25. The maximum absolute atomic E-state index is 13.1. The van der Waals surface area contributed by atoms with Gasteiger partial charge in [-0.25, -0.2) is 17.9 Å². The summed E-state index contributed by atoms with van der Waals surface area (Å²) in [5.41, 5.74) is 2.08. The molecule has 0 aliphatic rings. The molecule has 3 aromatic heterocycles. The number of hydrogen-bond donors (Lipinski definition) is 0. The van der Waals surface area contributed by atoms with Gasteiger partial charge in [0.05, 0.1) is 22.0 Å². The van der Waals surface area contributed by atoms with Crippen molar-refractivity contribution in [1.29, 1.82) is 0 Å². The monoisotopic (exact) mass is 350 g/mol. The topological polar surface area (TPSA) is 77.2 Å². The smallest absolute Gasteiger partial charge is 0.212 e. The molecule has 4 aromatic rings. The average molecular weight is 350 g/mol. The lowest BCUT2D eigenvalue weighted by atomic mass is 10.2. The van der Waals surface area contributed by atoms with E-state index in [4.69, 9.17) is 0 Å². The Morgan fingerprint density at radius 2 is 1.64 bits per heavy atom. The Kier molecular flexibility index (Phi) is 3.58. The number of nitrogens with zero attached hydrogens (tertiary/aromatic N) is 4. The van der Waals surface area contributed by atoms with E-state index < -0.39 is 9.84 Å². The predicted molar refractivity (Wildman–Crippen MR) is 92.8 cm³/mol. The van der Waals surface area contributed by atoms with Crippen LogP contribution < -0.4 is 0 Å². The molecule has 0 N–H and O–H groups in total. The van der Waals surface area contributed by atoms with Crippen molar-refractivity contribution in [3.05, 3.63) is 72.7 Å². The third-order valence-corrected chi connectivity index (χ3v) is 5.80. The van der Waals surface area contributed by atoms with Gasteiger partial charge < -0.3 is 0 Å². The molecule has 0 fully saturated rings. The largest absolute Gasteiger partial charge is 0.255 e. The molecule has 0 saturated heterocycles. The molecule has 0 saturated carbocycles. The summed E-state index contributed by atoms with van der Waals surface area (Å²) in [5.74, 6) is 0. The molecule has 0 aliphatic heterocycles. The molecule has 0 spiro atoms. The van der Waals surface area contributed by atoms with Crippen LogP contribution in [0.3, 0.4) is 0 Å². The second-order valence-electron chi connectivity index (χ2n) is 5.51. The van der Waals surface area contributed by atoms with E-state index in [2.05, 4.69) is 15.1 Å². The Hall–Kier alpha value is -3.06. The summed E-state index contributed by atoms with van der Waals surface area (Å²) in [5, 5.41) is 4.42. The number of benzene rings is 1. The van der Waals surface area contributed by atoms with Crippen molar-refractivity contribution in [3.63, 3.8) is 0 Å². The molecule has 0 atom stereocenters. The Morgan fingerprint density at radius 1 is 0.880 bits per heavy atom. The van der Waals surface area contributed by atoms with E-state index in [1.165, 1.54) is 4.52 Å². The SMILES string of the molecule is Cc1nn2c(-c3ccccn3)ccnc2c1S(=O)(=O)c1ccccc1. The molecule has 1 aromatic carbocycles. The van der Waals surface area contributed by atoms with E-state index in [-0.39, 0.29) is 9.79 Å². The van der Waals surface area contributed by atoms with Gasteiger partial charge in [-0.3, -0.25) is 4.98 Å². The van der Waals surface area contributed by atoms with Crippen molar-refractivity contribution < 1.29 is 8.42 Å². The number of aromatic nitrogens is 4. The van der Waals surface area contributed by atoms with E-state index in [9.17, 15) is 8.42 Å². The molecule has 7 heteroatoms. The number of sulfone groups is 1. The minimum Gasteiger partial charge on any atom is -0.255 e. The van der Waals surface area contributed by atoms with Crippen LogP contribution in [0.1, 0.15) is 5.69 Å². The van der Waals surface area contributed by atoms with Gasteiger partial charge in [0.15, 0.2) is 5.65 Å². The van der Waals surface area contributed by atoms with E-state index >= 15 is 0 Å². The fourth-order valence-corrected chi connectivity index (χ4v) is 4.33. The maximum Gasteiger partial charge on any atom is 0.212 e. The summed E-state index contributed by atoms with van der Waals surface area (Å²) in [7, 11) is -3.72. The molecular formula is C18H14N4O2S. The fraction of sp³-hybridized carbons (Fsp3) is 0.0556. The standard InChI is InChI=1S/C18H14N4O2S/c1-13-17(25(23,24)14-7-3-2-4-8-14)18-20-12-10-16(22(18)21-13)15-9-5-6-11-19-15/h2-12H,1H3. The van der Waals surface area contributed by atoms with Crippen molar-refractivity contribution in [3.8, 4) is 11.4 Å². The molecule has 3 heterocycles. The van der Waals surface area contributed by atoms with Gasteiger partial charge in [-0.05, 0) is 37.3 Å². The number of aryl methyl sites for hydroxylation is 1. The van der Waals surface area contributed by atoms with Gasteiger partial charge >= 0.3 is 0 Å². The van der Waals surface area contributed by atoms with Crippen LogP contribution >= 0.6 is 0 Å². The van der Waals surface area contributed by atoms with Crippen molar-refractivity contribution in [2.75, 3.05) is 0 Å². The van der Waals surface area contributed by atoms with Gasteiger partial charge in [-0.15, -0.1) is 0 Å². The molecule has 25 heavy (non-hydrogen) atoms. The first kappa shape index (κ1) is 15.5. The van der Waals surface area contributed by atoms with Crippen molar-refractivity contribution >= 4 is 15.5 Å². The Balaban J connectivity index is 2.00. The molecule has 0 bridgehead atoms. The van der Waals surface area contributed by atoms with Gasteiger partial charge in [0.25, 0.3) is 0 Å². The van der Waals surface area contributed by atoms with Crippen LogP contribution in [0, 0.1) is 6.92 Å². The lowest BCUT2D eigenvalue weighted by Crippen LogP contribution is -2.04. The summed E-state index contributed by atoms with van der Waals surface area (Å²) in [6, 6.07) is 15.6. The molecule has 0 amide bonds. The van der Waals surface area contributed by atoms with Gasteiger partial charge in [0, 0.05) is 12.4 Å². The first-order valence-electron chi connectivity index (χ1n) is 7.65. The summed E-state index contributed by atoms with van der Waals surface area (Å²) < 4.78 is 27.7. The first-order chi connectivity index (χ1) is 12.1. The Bertz CT molecular complexity index is 1150. The summed E-state index contributed by atoms with van der Waals surface area (Å²) >= 11 is 0. The van der Waals surface area contributed by atoms with Crippen molar-refractivity contribution in [2.45, 2.75) is 16.7 Å². The lowest BCUT2D eigenvalue weighted by molar-refractivity contribution is 0.596. The van der Waals surface area contributed by atoms with Crippen LogP contribution in [0.25, 0.3) is 17.0 Å². The Labute approximate surface area is 144 Å². The summed E-state index contributed by atoms with van der Waals surface area (Å²) in [6.45, 7) is 1.67. The zero-order chi connectivity index (χ0) is 17.4. The van der Waals surface area contributed by atoms with Crippen LogP contribution in [0.2, 0.25) is 0 Å². The van der Waals surface area contributed by atoms with Crippen LogP contribution in [-0.2, 0) is 9.84 Å². The number of hydrogen-bond acceptors (Lipinski definition) is 5. The zero-order valence-corrected chi connectivity index (χ0v) is 14.2. The molecule has 0 radical (unpaired) electrons.